The van der Waals surface area contributed by atoms with Crippen molar-refractivity contribution in [2.75, 3.05) is 12.8 Å². The van der Waals surface area contributed by atoms with Gasteiger partial charge in [-0.05, 0) is 36.2 Å². The van der Waals surface area contributed by atoms with Crippen molar-refractivity contribution in [2.45, 2.75) is 32.4 Å². The minimum absolute atomic E-state index is 0.118. The lowest BCUT2D eigenvalue weighted by Crippen LogP contribution is -2.24. The summed E-state index contributed by atoms with van der Waals surface area (Å²) in [6.07, 6.45) is 2.78. The van der Waals surface area contributed by atoms with Crippen LogP contribution in [0.15, 0.2) is 10.7 Å². The number of methoxy groups -OCH3 is 1. The van der Waals surface area contributed by atoms with Crippen molar-refractivity contribution in [3.8, 4) is 0 Å². The molecule has 1 aromatic rings. The molecule has 0 spiro atoms. The predicted molar refractivity (Wildman–Crippen MR) is 60.0 cm³/mol. The Hall–Kier alpha value is -0.550. The molecular weight excluding hydrogens is 246 g/mol. The first-order chi connectivity index (χ1) is 6.44. The Balaban J connectivity index is 2.54. The van der Waals surface area contributed by atoms with E-state index in [0.717, 1.165) is 17.4 Å². The van der Waals surface area contributed by atoms with Gasteiger partial charge in [0.1, 0.15) is 0 Å². The number of hydrogen-bond acceptors (Lipinski definition) is 3. The van der Waals surface area contributed by atoms with Gasteiger partial charge in [0.2, 0.25) is 0 Å². The lowest BCUT2D eigenvalue weighted by Gasteiger charge is -2.22. The quantitative estimate of drug-likeness (QED) is 0.903. The van der Waals surface area contributed by atoms with Crippen LogP contribution in [0.2, 0.25) is 0 Å². The van der Waals surface area contributed by atoms with Gasteiger partial charge in [-0.25, -0.2) is 0 Å². The number of ether oxygens (including phenoxy) is 1. The molecule has 1 heterocycles. The third-order valence-corrected chi connectivity index (χ3v) is 2.85. The highest BCUT2D eigenvalue weighted by molar-refractivity contribution is 9.10. The minimum Gasteiger partial charge on any atom is -0.381 e. The van der Waals surface area contributed by atoms with E-state index in [2.05, 4.69) is 34.9 Å². The third kappa shape index (κ3) is 2.99. The van der Waals surface area contributed by atoms with Gasteiger partial charge < -0.3 is 10.5 Å². The van der Waals surface area contributed by atoms with E-state index in [-0.39, 0.29) is 5.60 Å². The number of nitrogens with two attached hydrogens (primary N) is 1. The predicted octanol–water partition coefficient (Wildman–Crippen LogP) is 2.04. The first-order valence-electron chi connectivity index (χ1n) is 4.48. The molecule has 0 saturated carbocycles. The van der Waals surface area contributed by atoms with Crippen LogP contribution in [0.4, 0.5) is 5.82 Å². The van der Waals surface area contributed by atoms with E-state index < -0.39 is 0 Å². The molecule has 0 fully saturated rings. The van der Waals surface area contributed by atoms with Crippen molar-refractivity contribution in [3.05, 3.63) is 10.7 Å². The molecule has 1 aromatic heterocycles. The summed E-state index contributed by atoms with van der Waals surface area (Å²) in [7, 11) is 1.72. The second-order valence-electron chi connectivity index (χ2n) is 3.84. The highest BCUT2D eigenvalue weighted by Gasteiger charge is 2.16. The maximum absolute atomic E-state index is 5.60. The molecule has 0 radical (unpaired) electrons. The number of hydrogen-bond donors (Lipinski definition) is 1. The van der Waals surface area contributed by atoms with Crippen LogP contribution in [0.25, 0.3) is 0 Å². The molecule has 0 bridgehead atoms. The summed E-state index contributed by atoms with van der Waals surface area (Å²) < 4.78 is 7.97. The van der Waals surface area contributed by atoms with Gasteiger partial charge in [0.05, 0.1) is 10.1 Å². The molecular formula is C9H16BrN3O. The first kappa shape index (κ1) is 11.5. The number of aryl methyl sites for hydroxylation is 1. The zero-order valence-electron chi connectivity index (χ0n) is 8.75. The lowest BCUT2D eigenvalue weighted by atomic mass is 10.1. The van der Waals surface area contributed by atoms with E-state index in [4.69, 9.17) is 10.5 Å². The molecule has 0 aliphatic rings. The van der Waals surface area contributed by atoms with E-state index in [9.17, 15) is 0 Å². The maximum atomic E-state index is 5.60. The van der Waals surface area contributed by atoms with Crippen LogP contribution in [-0.2, 0) is 11.3 Å². The average Bonchev–Trinajstić information content (AvgIpc) is 2.44. The van der Waals surface area contributed by atoms with Gasteiger partial charge in [0, 0.05) is 19.9 Å². The second-order valence-corrected chi connectivity index (χ2v) is 4.69. The summed E-state index contributed by atoms with van der Waals surface area (Å²) in [5, 5.41) is 4.14. The van der Waals surface area contributed by atoms with Crippen LogP contribution < -0.4 is 5.73 Å². The van der Waals surface area contributed by atoms with Gasteiger partial charge in [-0.2, -0.15) is 5.10 Å². The fourth-order valence-electron chi connectivity index (χ4n) is 1.01. The molecule has 0 aliphatic carbocycles. The minimum atomic E-state index is -0.118. The summed E-state index contributed by atoms with van der Waals surface area (Å²) in [5.41, 5.74) is 5.48. The van der Waals surface area contributed by atoms with Gasteiger partial charge in [-0.15, -0.1) is 0 Å². The van der Waals surface area contributed by atoms with E-state index in [0.29, 0.717) is 5.82 Å². The summed E-state index contributed by atoms with van der Waals surface area (Å²) in [4.78, 5) is 0. The van der Waals surface area contributed by atoms with Crippen molar-refractivity contribution in [1.82, 2.24) is 9.78 Å². The second kappa shape index (κ2) is 4.31. The largest absolute Gasteiger partial charge is 0.381 e. The fourth-order valence-corrected chi connectivity index (χ4v) is 1.33. The third-order valence-electron chi connectivity index (χ3n) is 2.24. The van der Waals surface area contributed by atoms with E-state index in [1.54, 1.807) is 7.11 Å². The first-order valence-corrected chi connectivity index (χ1v) is 5.27. The highest BCUT2D eigenvalue weighted by atomic mass is 79.9. The molecule has 2 N–H and O–H groups in total. The SMILES string of the molecule is COC(C)(C)CCn1cc(Br)c(N)n1. The lowest BCUT2D eigenvalue weighted by molar-refractivity contribution is 0.0113. The summed E-state index contributed by atoms with van der Waals surface area (Å²) in [6.45, 7) is 4.90. The molecule has 14 heavy (non-hydrogen) atoms. The molecule has 5 heteroatoms. The number of anilines is 1. The standard InChI is InChI=1S/C9H16BrN3O/c1-9(2,14-3)4-5-13-6-7(10)8(11)12-13/h6H,4-5H2,1-3H3,(H2,11,12). The highest BCUT2D eigenvalue weighted by Crippen LogP contribution is 2.18. The number of aromatic nitrogens is 2. The van der Waals surface area contributed by atoms with Crippen LogP contribution in [0.5, 0.6) is 0 Å². The van der Waals surface area contributed by atoms with Crippen LogP contribution >= 0.6 is 15.9 Å². The smallest absolute Gasteiger partial charge is 0.159 e. The van der Waals surface area contributed by atoms with E-state index in [1.165, 1.54) is 0 Å². The van der Waals surface area contributed by atoms with Gasteiger partial charge in [0.15, 0.2) is 5.82 Å². The molecule has 0 aliphatic heterocycles. The Labute approximate surface area is 92.5 Å². The molecule has 0 aromatic carbocycles. The molecule has 4 nitrogen and oxygen atoms in total. The van der Waals surface area contributed by atoms with Crippen molar-refractivity contribution in [3.63, 3.8) is 0 Å². The zero-order valence-corrected chi connectivity index (χ0v) is 10.3. The number of rotatable bonds is 4. The average molecular weight is 262 g/mol. The Morgan fingerprint density at radius 1 is 1.64 bits per heavy atom. The molecule has 0 atom stereocenters. The normalized spacial score (nSPS) is 12.0. The number of nitrogen functional groups attached to an aromatic ring is 1. The van der Waals surface area contributed by atoms with Gasteiger partial charge in [-0.1, -0.05) is 0 Å². The van der Waals surface area contributed by atoms with E-state index in [1.807, 2.05) is 10.9 Å². The Morgan fingerprint density at radius 2 is 2.29 bits per heavy atom. The molecule has 0 saturated heterocycles. The molecule has 80 valence electrons. The van der Waals surface area contributed by atoms with Crippen molar-refractivity contribution >= 4 is 21.7 Å². The zero-order chi connectivity index (χ0) is 10.8. The monoisotopic (exact) mass is 261 g/mol. The molecule has 0 unspecified atom stereocenters. The van der Waals surface area contributed by atoms with Crippen LogP contribution in [0, 0.1) is 0 Å². The van der Waals surface area contributed by atoms with Crippen LogP contribution in [0.1, 0.15) is 20.3 Å². The van der Waals surface area contributed by atoms with Gasteiger partial charge in [-0.3, -0.25) is 4.68 Å². The summed E-state index contributed by atoms with van der Waals surface area (Å²) >= 11 is 3.31. The van der Waals surface area contributed by atoms with Crippen molar-refractivity contribution < 1.29 is 4.74 Å². The van der Waals surface area contributed by atoms with E-state index >= 15 is 0 Å². The Bertz CT molecular complexity index is 290. The Morgan fingerprint density at radius 3 is 2.71 bits per heavy atom. The summed E-state index contributed by atoms with van der Waals surface area (Å²) in [6, 6.07) is 0. The number of halogens is 1. The van der Waals surface area contributed by atoms with Crippen LogP contribution in [-0.4, -0.2) is 22.5 Å². The van der Waals surface area contributed by atoms with Crippen LogP contribution in [0.3, 0.4) is 0 Å². The molecule has 0 amide bonds. The Kier molecular flexibility index (Phi) is 3.55. The van der Waals surface area contributed by atoms with Crippen molar-refractivity contribution in [1.29, 1.82) is 0 Å². The number of nitrogens with zero attached hydrogens (tertiary/aromatic N) is 2. The summed E-state index contributed by atoms with van der Waals surface area (Å²) in [5.74, 6) is 0.528. The van der Waals surface area contributed by atoms with Gasteiger partial charge >= 0.3 is 0 Å². The fraction of sp³-hybridized carbons (Fsp3) is 0.667. The maximum Gasteiger partial charge on any atom is 0.159 e. The van der Waals surface area contributed by atoms with Crippen molar-refractivity contribution in [2.24, 2.45) is 0 Å². The van der Waals surface area contributed by atoms with Gasteiger partial charge in [0.25, 0.3) is 0 Å². The topological polar surface area (TPSA) is 53.1 Å². The molecule has 1 rings (SSSR count).